The maximum absolute atomic E-state index is 11.9. The molecule has 1 N–H and O–H groups in total. The number of hydrogen-bond donors (Lipinski definition) is 1. The van der Waals surface area contributed by atoms with Crippen molar-refractivity contribution in [1.29, 1.82) is 0 Å². The van der Waals surface area contributed by atoms with Crippen molar-refractivity contribution in [2.45, 2.75) is 38.0 Å². The molecule has 0 atom stereocenters. The molecule has 1 amide bonds. The van der Waals surface area contributed by atoms with Gasteiger partial charge >= 0.3 is 0 Å². The van der Waals surface area contributed by atoms with E-state index >= 15 is 0 Å². The monoisotopic (exact) mass is 351 g/mol. The summed E-state index contributed by atoms with van der Waals surface area (Å²) in [5.41, 5.74) is 2.18. The van der Waals surface area contributed by atoms with Crippen LogP contribution in [0.4, 0.5) is 5.13 Å². The number of benzene rings is 1. The highest BCUT2D eigenvalue weighted by atomic mass is 32.2. The van der Waals surface area contributed by atoms with E-state index in [9.17, 15) is 4.79 Å². The number of nitrogens with zero attached hydrogens (tertiary/aromatic N) is 2. The smallest absolute Gasteiger partial charge is 0.264 e. The van der Waals surface area contributed by atoms with E-state index in [0.29, 0.717) is 5.13 Å². The van der Waals surface area contributed by atoms with Gasteiger partial charge in [0, 0.05) is 5.75 Å². The number of aromatic nitrogens is 2. The average molecular weight is 351 g/mol. The van der Waals surface area contributed by atoms with Crippen molar-refractivity contribution >= 4 is 34.1 Å². The van der Waals surface area contributed by atoms with Crippen molar-refractivity contribution in [2.75, 3.05) is 17.7 Å². The minimum Gasteiger partial charge on any atom is -0.483 e. The summed E-state index contributed by atoms with van der Waals surface area (Å²) in [5.74, 6) is 1.51. The molecule has 124 valence electrons. The Morgan fingerprint density at radius 1 is 1.35 bits per heavy atom. The molecule has 5 nitrogen and oxygen atoms in total. The quantitative estimate of drug-likeness (QED) is 0.441. The van der Waals surface area contributed by atoms with E-state index in [2.05, 4.69) is 22.4 Å². The summed E-state index contributed by atoms with van der Waals surface area (Å²) < 4.78 is 6.43. The Kier molecular flexibility index (Phi) is 6.85. The molecule has 0 unspecified atom stereocenters. The Morgan fingerprint density at radius 3 is 2.91 bits per heavy atom. The molecule has 0 fully saturated rings. The first-order chi connectivity index (χ1) is 11.1. The van der Waals surface area contributed by atoms with Gasteiger partial charge in [-0.05, 0) is 31.9 Å². The highest BCUT2D eigenvalue weighted by molar-refractivity contribution is 8.01. The van der Waals surface area contributed by atoms with Gasteiger partial charge in [0.2, 0.25) is 5.13 Å². The number of aryl methyl sites for hydroxylation is 2. The molecule has 2 rings (SSSR count). The predicted octanol–water partition coefficient (Wildman–Crippen LogP) is 4.06. The van der Waals surface area contributed by atoms with E-state index < -0.39 is 0 Å². The van der Waals surface area contributed by atoms with Gasteiger partial charge in [0.15, 0.2) is 10.9 Å². The maximum atomic E-state index is 11.9. The lowest BCUT2D eigenvalue weighted by Gasteiger charge is -2.09. The second kappa shape index (κ2) is 8.88. The summed E-state index contributed by atoms with van der Waals surface area (Å²) in [7, 11) is 0. The van der Waals surface area contributed by atoms with Crippen molar-refractivity contribution in [1.82, 2.24) is 10.2 Å². The number of anilines is 1. The van der Waals surface area contributed by atoms with Gasteiger partial charge in [-0.2, -0.15) is 0 Å². The van der Waals surface area contributed by atoms with Crippen LogP contribution in [-0.4, -0.2) is 28.5 Å². The molecule has 2 aromatic rings. The molecule has 0 radical (unpaired) electrons. The molecule has 0 aliphatic heterocycles. The van der Waals surface area contributed by atoms with Gasteiger partial charge in [-0.3, -0.25) is 10.1 Å². The van der Waals surface area contributed by atoms with Gasteiger partial charge in [-0.15, -0.1) is 10.2 Å². The summed E-state index contributed by atoms with van der Waals surface area (Å²) in [4.78, 5) is 11.9. The van der Waals surface area contributed by atoms with Crippen LogP contribution in [0.15, 0.2) is 22.5 Å². The fourth-order valence-electron chi connectivity index (χ4n) is 1.88. The summed E-state index contributed by atoms with van der Waals surface area (Å²) >= 11 is 3.06. The SMILES string of the molecule is CCCCSc1nnc(NC(=O)COc2ccc(C)cc2C)s1. The lowest BCUT2D eigenvalue weighted by Crippen LogP contribution is -2.20. The number of unbranched alkanes of at least 4 members (excludes halogenated alkanes) is 1. The van der Waals surface area contributed by atoms with Crippen molar-refractivity contribution in [2.24, 2.45) is 0 Å². The number of amides is 1. The molecule has 0 aliphatic rings. The molecule has 0 bridgehead atoms. The molecule has 0 spiro atoms. The standard InChI is InChI=1S/C16H21N3O2S2/c1-4-5-8-22-16-19-18-15(23-16)17-14(20)10-21-13-7-6-11(2)9-12(13)3/h6-7,9H,4-5,8,10H2,1-3H3,(H,17,18,20). The highest BCUT2D eigenvalue weighted by Gasteiger charge is 2.10. The van der Waals surface area contributed by atoms with Crippen molar-refractivity contribution in [3.8, 4) is 5.75 Å². The first kappa shape index (κ1) is 17.7. The van der Waals surface area contributed by atoms with Crippen LogP contribution in [0, 0.1) is 13.8 Å². The molecule has 23 heavy (non-hydrogen) atoms. The third kappa shape index (κ3) is 5.84. The molecular formula is C16H21N3O2S2. The molecule has 7 heteroatoms. The zero-order chi connectivity index (χ0) is 16.7. The fraction of sp³-hybridized carbons (Fsp3) is 0.438. The van der Waals surface area contributed by atoms with Crippen LogP contribution < -0.4 is 10.1 Å². The third-order valence-corrected chi connectivity index (χ3v) is 5.12. The lowest BCUT2D eigenvalue weighted by atomic mass is 10.1. The van der Waals surface area contributed by atoms with Crippen LogP contribution in [0.2, 0.25) is 0 Å². The van der Waals surface area contributed by atoms with Crippen LogP contribution >= 0.6 is 23.1 Å². The molecule has 1 aromatic carbocycles. The molecule has 0 aliphatic carbocycles. The normalized spacial score (nSPS) is 10.6. The zero-order valence-corrected chi connectivity index (χ0v) is 15.2. The second-order valence-electron chi connectivity index (χ2n) is 5.18. The molecule has 0 saturated carbocycles. The van der Waals surface area contributed by atoms with Crippen LogP contribution in [0.25, 0.3) is 0 Å². The number of carbonyl (C=O) groups is 1. The summed E-state index contributed by atoms with van der Waals surface area (Å²) in [6.07, 6.45) is 2.31. The number of hydrogen-bond acceptors (Lipinski definition) is 6. The number of carbonyl (C=O) groups excluding carboxylic acids is 1. The van der Waals surface area contributed by atoms with E-state index in [0.717, 1.165) is 34.2 Å². The fourth-order valence-corrected chi connectivity index (χ4v) is 3.80. The van der Waals surface area contributed by atoms with E-state index in [-0.39, 0.29) is 12.5 Å². The van der Waals surface area contributed by atoms with Crippen molar-refractivity contribution < 1.29 is 9.53 Å². The Labute approximate surface area is 144 Å². The minimum atomic E-state index is -0.230. The summed E-state index contributed by atoms with van der Waals surface area (Å²) in [5, 5.41) is 11.3. The maximum Gasteiger partial charge on any atom is 0.264 e. The summed E-state index contributed by atoms with van der Waals surface area (Å²) in [6, 6.07) is 5.87. The molecular weight excluding hydrogens is 330 g/mol. The largest absolute Gasteiger partial charge is 0.483 e. The first-order valence-corrected chi connectivity index (χ1v) is 9.35. The van der Waals surface area contributed by atoms with E-state index in [1.54, 1.807) is 11.8 Å². The van der Waals surface area contributed by atoms with Gasteiger partial charge in [0.05, 0.1) is 0 Å². The van der Waals surface area contributed by atoms with Gasteiger partial charge in [0.1, 0.15) is 5.75 Å². The van der Waals surface area contributed by atoms with Gasteiger partial charge in [-0.1, -0.05) is 54.1 Å². The van der Waals surface area contributed by atoms with E-state index in [1.165, 1.54) is 16.9 Å². The average Bonchev–Trinajstić information content (AvgIpc) is 2.94. The third-order valence-electron chi connectivity index (χ3n) is 3.07. The lowest BCUT2D eigenvalue weighted by molar-refractivity contribution is -0.118. The molecule has 0 saturated heterocycles. The van der Waals surface area contributed by atoms with Crippen LogP contribution in [0.5, 0.6) is 5.75 Å². The topological polar surface area (TPSA) is 64.1 Å². The molecule has 1 heterocycles. The highest BCUT2D eigenvalue weighted by Crippen LogP contribution is 2.26. The zero-order valence-electron chi connectivity index (χ0n) is 13.6. The number of thioether (sulfide) groups is 1. The van der Waals surface area contributed by atoms with E-state index in [1.807, 2.05) is 32.0 Å². The predicted molar refractivity (Wildman–Crippen MR) is 95.6 cm³/mol. The van der Waals surface area contributed by atoms with Crippen LogP contribution in [0.3, 0.4) is 0 Å². The minimum absolute atomic E-state index is 0.0399. The Morgan fingerprint density at radius 2 is 2.17 bits per heavy atom. The number of nitrogens with one attached hydrogen (secondary N) is 1. The van der Waals surface area contributed by atoms with Crippen molar-refractivity contribution in [3.05, 3.63) is 29.3 Å². The Balaban J connectivity index is 1.80. The van der Waals surface area contributed by atoms with E-state index in [4.69, 9.17) is 4.74 Å². The molecule has 1 aromatic heterocycles. The first-order valence-electron chi connectivity index (χ1n) is 7.54. The van der Waals surface area contributed by atoms with Gasteiger partial charge in [0.25, 0.3) is 5.91 Å². The Hall–Kier alpha value is -1.60. The van der Waals surface area contributed by atoms with Gasteiger partial charge in [-0.25, -0.2) is 0 Å². The van der Waals surface area contributed by atoms with Crippen molar-refractivity contribution in [3.63, 3.8) is 0 Å². The summed E-state index contributed by atoms with van der Waals surface area (Å²) in [6.45, 7) is 6.10. The second-order valence-corrected chi connectivity index (χ2v) is 7.50. The van der Waals surface area contributed by atoms with Crippen LogP contribution in [-0.2, 0) is 4.79 Å². The number of rotatable bonds is 8. The number of ether oxygens (including phenoxy) is 1. The van der Waals surface area contributed by atoms with Gasteiger partial charge < -0.3 is 4.74 Å². The Bertz CT molecular complexity index is 659. The van der Waals surface area contributed by atoms with Crippen LogP contribution in [0.1, 0.15) is 30.9 Å².